The number of carboxylic acid groups (broad SMARTS) is 1. The average molecular weight is 267 g/mol. The summed E-state index contributed by atoms with van der Waals surface area (Å²) in [5.41, 5.74) is -2.50. The number of carboxylic acids is 1. The highest BCUT2D eigenvalue weighted by atomic mass is 16.4. The third-order valence-electron chi connectivity index (χ3n) is 4.70. The lowest BCUT2D eigenvalue weighted by molar-refractivity contribution is -0.183. The molecule has 2 bridgehead atoms. The molecule has 5 nitrogen and oxygen atoms in total. The normalized spacial score (nSPS) is 42.4. The molecular formula is C14H21NO4. The zero-order chi connectivity index (χ0) is 14.6. The number of hydrogen-bond donors (Lipinski definition) is 1. The van der Waals surface area contributed by atoms with Crippen LogP contribution in [0.3, 0.4) is 0 Å². The van der Waals surface area contributed by atoms with Crippen molar-refractivity contribution in [2.75, 3.05) is 6.54 Å². The monoisotopic (exact) mass is 267 g/mol. The van der Waals surface area contributed by atoms with Gasteiger partial charge in [-0.05, 0) is 33.1 Å². The molecule has 2 amide bonds. The van der Waals surface area contributed by atoms with E-state index in [9.17, 15) is 19.5 Å². The lowest BCUT2D eigenvalue weighted by Gasteiger charge is -2.55. The van der Waals surface area contributed by atoms with Gasteiger partial charge in [-0.3, -0.25) is 19.3 Å². The number of carbonyl (C=O) groups excluding carboxylic acids is 2. The van der Waals surface area contributed by atoms with Crippen LogP contribution in [0.15, 0.2) is 0 Å². The SMILES string of the molecule is CCN1C(=O)C2(C)CC(C)(C(=O)O)CC(C)(C2)C1=O. The van der Waals surface area contributed by atoms with Crippen molar-refractivity contribution in [2.45, 2.75) is 47.0 Å². The van der Waals surface area contributed by atoms with Gasteiger partial charge in [0.05, 0.1) is 5.41 Å². The van der Waals surface area contributed by atoms with Crippen LogP contribution < -0.4 is 0 Å². The molecular weight excluding hydrogens is 246 g/mol. The van der Waals surface area contributed by atoms with Crippen molar-refractivity contribution in [3.63, 3.8) is 0 Å². The molecule has 1 N–H and O–H groups in total. The number of imide groups is 1. The Balaban J connectivity index is 2.52. The molecule has 2 unspecified atom stereocenters. The molecule has 0 spiro atoms. The van der Waals surface area contributed by atoms with Crippen molar-refractivity contribution in [1.29, 1.82) is 0 Å². The van der Waals surface area contributed by atoms with E-state index in [1.54, 1.807) is 27.7 Å². The first kappa shape index (κ1) is 14.0. The molecule has 2 aliphatic rings. The second-order valence-corrected chi connectivity index (χ2v) is 6.87. The molecule has 5 heteroatoms. The number of likely N-dealkylation sites (tertiary alicyclic amines) is 1. The topological polar surface area (TPSA) is 74.7 Å². The Labute approximate surface area is 113 Å². The lowest BCUT2D eigenvalue weighted by Crippen LogP contribution is -2.64. The Morgan fingerprint density at radius 3 is 1.84 bits per heavy atom. The quantitative estimate of drug-likeness (QED) is 0.772. The van der Waals surface area contributed by atoms with E-state index in [0.29, 0.717) is 25.8 Å². The van der Waals surface area contributed by atoms with Gasteiger partial charge in [-0.15, -0.1) is 0 Å². The van der Waals surface area contributed by atoms with Gasteiger partial charge in [0, 0.05) is 17.4 Å². The molecule has 1 aliphatic carbocycles. The van der Waals surface area contributed by atoms with Crippen LogP contribution in [-0.2, 0) is 14.4 Å². The van der Waals surface area contributed by atoms with Gasteiger partial charge in [-0.25, -0.2) is 0 Å². The van der Waals surface area contributed by atoms with Crippen molar-refractivity contribution in [2.24, 2.45) is 16.2 Å². The second kappa shape index (κ2) is 3.81. The standard InChI is InChI=1S/C14H21NO4/c1-5-15-9(16)12(2)6-13(3,10(15)17)8-14(4,7-12)11(18)19/h5-8H2,1-4H3,(H,18,19). The molecule has 0 aromatic heterocycles. The maximum Gasteiger partial charge on any atom is 0.309 e. The molecule has 1 aliphatic heterocycles. The van der Waals surface area contributed by atoms with Gasteiger partial charge in [0.2, 0.25) is 11.8 Å². The van der Waals surface area contributed by atoms with E-state index in [4.69, 9.17) is 0 Å². The molecule has 2 fully saturated rings. The summed E-state index contributed by atoms with van der Waals surface area (Å²) < 4.78 is 0. The number of amides is 2. The fraction of sp³-hybridized carbons (Fsp3) is 0.786. The van der Waals surface area contributed by atoms with Gasteiger partial charge in [0.1, 0.15) is 0 Å². The number of fused-ring (bicyclic) bond motifs is 2. The summed E-state index contributed by atoms with van der Waals surface area (Å²) in [6, 6.07) is 0. The summed E-state index contributed by atoms with van der Waals surface area (Å²) in [6.07, 6.45) is 1.05. The fourth-order valence-electron chi connectivity index (χ4n) is 4.26. The van der Waals surface area contributed by atoms with Crippen LogP contribution >= 0.6 is 0 Å². The first-order valence-electron chi connectivity index (χ1n) is 6.68. The predicted molar refractivity (Wildman–Crippen MR) is 68.2 cm³/mol. The van der Waals surface area contributed by atoms with Crippen LogP contribution in [0.4, 0.5) is 0 Å². The van der Waals surface area contributed by atoms with Gasteiger partial charge in [-0.2, -0.15) is 0 Å². The Bertz CT molecular complexity index is 442. The highest BCUT2D eigenvalue weighted by Crippen LogP contribution is 2.58. The van der Waals surface area contributed by atoms with Gasteiger partial charge >= 0.3 is 5.97 Å². The third kappa shape index (κ3) is 1.78. The van der Waals surface area contributed by atoms with Crippen molar-refractivity contribution in [3.05, 3.63) is 0 Å². The Kier molecular flexibility index (Phi) is 2.81. The maximum absolute atomic E-state index is 12.5. The molecule has 0 radical (unpaired) electrons. The summed E-state index contributed by atoms with van der Waals surface area (Å²) in [4.78, 5) is 37.7. The zero-order valence-corrected chi connectivity index (χ0v) is 11.9. The van der Waals surface area contributed by atoms with Crippen LogP contribution in [0.25, 0.3) is 0 Å². The number of rotatable bonds is 2. The van der Waals surface area contributed by atoms with E-state index >= 15 is 0 Å². The first-order chi connectivity index (χ1) is 8.58. The molecule has 106 valence electrons. The zero-order valence-electron chi connectivity index (χ0n) is 11.9. The van der Waals surface area contributed by atoms with Crippen LogP contribution in [0, 0.1) is 16.2 Å². The molecule has 0 aromatic carbocycles. The molecule has 1 saturated carbocycles. The van der Waals surface area contributed by atoms with Crippen LogP contribution in [0.1, 0.15) is 47.0 Å². The van der Waals surface area contributed by atoms with Gasteiger partial charge < -0.3 is 5.11 Å². The van der Waals surface area contributed by atoms with Gasteiger partial charge in [0.25, 0.3) is 0 Å². The van der Waals surface area contributed by atoms with Crippen molar-refractivity contribution >= 4 is 17.8 Å². The average Bonchev–Trinajstić information content (AvgIpc) is 2.26. The fourth-order valence-corrected chi connectivity index (χ4v) is 4.26. The molecule has 0 aromatic rings. The predicted octanol–water partition coefficient (Wildman–Crippen LogP) is 1.66. The smallest absolute Gasteiger partial charge is 0.309 e. The molecule has 2 atom stereocenters. The van der Waals surface area contributed by atoms with E-state index in [2.05, 4.69) is 0 Å². The summed E-state index contributed by atoms with van der Waals surface area (Å²) >= 11 is 0. The van der Waals surface area contributed by atoms with E-state index in [-0.39, 0.29) is 11.8 Å². The summed E-state index contributed by atoms with van der Waals surface area (Å²) in [5, 5.41) is 9.44. The molecule has 2 rings (SSSR count). The molecule has 19 heavy (non-hydrogen) atoms. The number of carbonyl (C=O) groups is 3. The highest BCUT2D eigenvalue weighted by molar-refractivity contribution is 6.04. The van der Waals surface area contributed by atoms with Crippen LogP contribution in [0.2, 0.25) is 0 Å². The number of hydrogen-bond acceptors (Lipinski definition) is 3. The number of nitrogens with zero attached hydrogens (tertiary/aromatic N) is 1. The number of aliphatic carboxylic acids is 1. The maximum atomic E-state index is 12.5. The minimum absolute atomic E-state index is 0.218. The van der Waals surface area contributed by atoms with Crippen LogP contribution in [-0.4, -0.2) is 34.3 Å². The van der Waals surface area contributed by atoms with E-state index in [1.165, 1.54) is 4.90 Å². The Hall–Kier alpha value is -1.39. The van der Waals surface area contributed by atoms with Crippen LogP contribution in [0.5, 0.6) is 0 Å². The molecule has 1 saturated heterocycles. The summed E-state index contributed by atoms with van der Waals surface area (Å²) in [5.74, 6) is -1.36. The van der Waals surface area contributed by atoms with E-state index in [0.717, 1.165) is 0 Å². The lowest BCUT2D eigenvalue weighted by atomic mass is 9.52. The molecule has 1 heterocycles. The minimum atomic E-state index is -1.01. The third-order valence-corrected chi connectivity index (χ3v) is 4.70. The van der Waals surface area contributed by atoms with Gasteiger partial charge in [0.15, 0.2) is 0 Å². The van der Waals surface area contributed by atoms with Gasteiger partial charge in [-0.1, -0.05) is 13.8 Å². The van der Waals surface area contributed by atoms with E-state index < -0.39 is 22.2 Å². The second-order valence-electron chi connectivity index (χ2n) is 6.87. The summed E-state index contributed by atoms with van der Waals surface area (Å²) in [6.45, 7) is 7.37. The Morgan fingerprint density at radius 2 is 1.53 bits per heavy atom. The summed E-state index contributed by atoms with van der Waals surface area (Å²) in [7, 11) is 0. The highest BCUT2D eigenvalue weighted by Gasteiger charge is 2.63. The van der Waals surface area contributed by atoms with Crippen molar-refractivity contribution in [1.82, 2.24) is 4.90 Å². The van der Waals surface area contributed by atoms with Crippen molar-refractivity contribution < 1.29 is 19.5 Å². The van der Waals surface area contributed by atoms with Crippen molar-refractivity contribution in [3.8, 4) is 0 Å². The Morgan fingerprint density at radius 1 is 1.11 bits per heavy atom. The minimum Gasteiger partial charge on any atom is -0.481 e. The number of piperidine rings is 1. The first-order valence-corrected chi connectivity index (χ1v) is 6.68. The van der Waals surface area contributed by atoms with E-state index in [1.807, 2.05) is 0 Å². The largest absolute Gasteiger partial charge is 0.481 e.